The van der Waals surface area contributed by atoms with Crippen molar-refractivity contribution in [2.45, 2.75) is 19.1 Å². The molecule has 0 amide bonds. The fourth-order valence-electron chi connectivity index (χ4n) is 3.24. The van der Waals surface area contributed by atoms with Crippen LogP contribution >= 0.6 is 0 Å². The summed E-state index contributed by atoms with van der Waals surface area (Å²) in [6, 6.07) is 6.93. The van der Waals surface area contributed by atoms with Gasteiger partial charge in [-0.2, -0.15) is 0 Å². The quantitative estimate of drug-likeness (QED) is 0.799. The molecule has 0 spiro atoms. The highest BCUT2D eigenvalue weighted by atomic mass is 15.3. The zero-order valence-corrected chi connectivity index (χ0v) is 12.0. The van der Waals surface area contributed by atoms with E-state index in [1.54, 1.807) is 0 Å². The van der Waals surface area contributed by atoms with E-state index in [1.807, 2.05) is 6.07 Å². The molecule has 2 heterocycles. The summed E-state index contributed by atoms with van der Waals surface area (Å²) in [4.78, 5) is 7.45. The number of nitrogen functional groups attached to an aromatic ring is 1. The van der Waals surface area contributed by atoms with Crippen molar-refractivity contribution in [1.29, 1.82) is 0 Å². The van der Waals surface area contributed by atoms with Crippen molar-refractivity contribution < 1.29 is 0 Å². The number of likely N-dealkylation sites (N-methyl/N-ethyl adjacent to an activating group) is 2. The van der Waals surface area contributed by atoms with Crippen LogP contribution in [0, 0.1) is 0 Å². The molecule has 19 heavy (non-hydrogen) atoms. The van der Waals surface area contributed by atoms with Gasteiger partial charge >= 0.3 is 0 Å². The van der Waals surface area contributed by atoms with E-state index in [4.69, 9.17) is 5.73 Å². The summed E-state index contributed by atoms with van der Waals surface area (Å²) in [5, 5.41) is 0. The van der Waals surface area contributed by atoms with E-state index in [2.05, 4.69) is 40.9 Å². The second-order valence-corrected chi connectivity index (χ2v) is 6.05. The van der Waals surface area contributed by atoms with Gasteiger partial charge < -0.3 is 10.6 Å². The van der Waals surface area contributed by atoms with E-state index in [0.717, 1.165) is 25.3 Å². The van der Waals surface area contributed by atoms with Gasteiger partial charge in [-0.1, -0.05) is 12.1 Å². The van der Waals surface area contributed by atoms with Crippen molar-refractivity contribution in [3.8, 4) is 0 Å². The molecule has 3 rings (SSSR count). The van der Waals surface area contributed by atoms with Gasteiger partial charge in [0.25, 0.3) is 0 Å². The molecule has 0 bridgehead atoms. The van der Waals surface area contributed by atoms with Crippen molar-refractivity contribution in [3.63, 3.8) is 0 Å². The molecule has 0 aromatic heterocycles. The Kier molecular flexibility index (Phi) is 3.48. The van der Waals surface area contributed by atoms with Crippen LogP contribution in [0.4, 0.5) is 5.69 Å². The average Bonchev–Trinajstić information content (AvgIpc) is 2.78. The molecule has 4 nitrogen and oxygen atoms in total. The van der Waals surface area contributed by atoms with Gasteiger partial charge in [0.1, 0.15) is 0 Å². The van der Waals surface area contributed by atoms with Gasteiger partial charge in [0.2, 0.25) is 0 Å². The van der Waals surface area contributed by atoms with E-state index in [0.29, 0.717) is 6.04 Å². The van der Waals surface area contributed by atoms with Crippen molar-refractivity contribution in [3.05, 3.63) is 29.3 Å². The van der Waals surface area contributed by atoms with Crippen LogP contribution in [0.25, 0.3) is 0 Å². The Morgan fingerprint density at radius 3 is 2.84 bits per heavy atom. The van der Waals surface area contributed by atoms with Gasteiger partial charge in [0.05, 0.1) is 0 Å². The summed E-state index contributed by atoms with van der Waals surface area (Å²) in [5.74, 6) is 0. The second kappa shape index (κ2) is 5.12. The van der Waals surface area contributed by atoms with Gasteiger partial charge in [-0.15, -0.1) is 0 Å². The van der Waals surface area contributed by atoms with Crippen LogP contribution in [0.5, 0.6) is 0 Å². The molecule has 0 aliphatic carbocycles. The third kappa shape index (κ3) is 2.61. The Morgan fingerprint density at radius 2 is 2.05 bits per heavy atom. The molecule has 1 atom stereocenters. The van der Waals surface area contributed by atoms with Crippen molar-refractivity contribution in [2.75, 3.05) is 46.0 Å². The average molecular weight is 260 g/mol. The first-order valence-electron chi connectivity index (χ1n) is 7.11. The Morgan fingerprint density at radius 1 is 1.21 bits per heavy atom. The molecule has 1 aromatic rings. The largest absolute Gasteiger partial charge is 0.398 e. The van der Waals surface area contributed by atoms with Crippen LogP contribution in [0.2, 0.25) is 0 Å². The first-order valence-corrected chi connectivity index (χ1v) is 7.11. The maximum Gasteiger partial charge on any atom is 0.0363 e. The SMILES string of the molecule is CN1CCN(C)C(CN2Cc3cccc(N)c3C2)C1. The highest BCUT2D eigenvalue weighted by Crippen LogP contribution is 2.27. The number of hydrogen-bond donors (Lipinski definition) is 1. The molecule has 1 fully saturated rings. The lowest BCUT2D eigenvalue weighted by atomic mass is 10.1. The van der Waals surface area contributed by atoms with E-state index < -0.39 is 0 Å². The molecule has 1 aromatic carbocycles. The van der Waals surface area contributed by atoms with Gasteiger partial charge in [-0.25, -0.2) is 0 Å². The normalized spacial score (nSPS) is 25.7. The Labute approximate surface area is 115 Å². The predicted octanol–water partition coefficient (Wildman–Crippen LogP) is 0.830. The van der Waals surface area contributed by atoms with Gasteiger partial charge in [-0.3, -0.25) is 9.80 Å². The number of hydrogen-bond acceptors (Lipinski definition) is 4. The number of fused-ring (bicyclic) bond motifs is 1. The van der Waals surface area contributed by atoms with Crippen molar-refractivity contribution in [1.82, 2.24) is 14.7 Å². The number of anilines is 1. The molecule has 2 aliphatic heterocycles. The Bertz CT molecular complexity index is 459. The van der Waals surface area contributed by atoms with Gasteiger partial charge in [-0.05, 0) is 31.3 Å². The standard InChI is InChI=1S/C15H24N4/c1-17-6-7-18(2)13(9-17)10-19-8-12-4-3-5-15(16)14(12)11-19/h3-5,13H,6-11,16H2,1-2H3. The molecule has 1 saturated heterocycles. The molecule has 0 saturated carbocycles. The zero-order valence-electron chi connectivity index (χ0n) is 12.0. The molecule has 104 valence electrons. The lowest BCUT2D eigenvalue weighted by Gasteiger charge is -2.39. The Balaban J connectivity index is 1.65. The summed E-state index contributed by atoms with van der Waals surface area (Å²) >= 11 is 0. The molecule has 4 heteroatoms. The summed E-state index contributed by atoms with van der Waals surface area (Å²) in [6.45, 7) is 6.71. The summed E-state index contributed by atoms with van der Waals surface area (Å²) < 4.78 is 0. The number of nitrogens with two attached hydrogens (primary N) is 1. The number of piperazine rings is 1. The highest BCUT2D eigenvalue weighted by Gasteiger charge is 2.27. The van der Waals surface area contributed by atoms with E-state index in [-0.39, 0.29) is 0 Å². The van der Waals surface area contributed by atoms with Crippen molar-refractivity contribution in [2.24, 2.45) is 0 Å². The fraction of sp³-hybridized carbons (Fsp3) is 0.600. The summed E-state index contributed by atoms with van der Waals surface area (Å²) in [5.41, 5.74) is 9.78. The highest BCUT2D eigenvalue weighted by molar-refractivity contribution is 5.52. The lowest BCUT2D eigenvalue weighted by molar-refractivity contribution is 0.0816. The predicted molar refractivity (Wildman–Crippen MR) is 78.9 cm³/mol. The first kappa shape index (κ1) is 12.9. The van der Waals surface area contributed by atoms with Crippen LogP contribution < -0.4 is 5.73 Å². The lowest BCUT2D eigenvalue weighted by Crippen LogP contribution is -2.53. The maximum absolute atomic E-state index is 6.07. The summed E-state index contributed by atoms with van der Waals surface area (Å²) in [6.07, 6.45) is 0. The molecular formula is C15H24N4. The van der Waals surface area contributed by atoms with E-state index in [1.165, 1.54) is 30.8 Å². The topological polar surface area (TPSA) is 35.7 Å². The van der Waals surface area contributed by atoms with Crippen LogP contribution in [-0.4, -0.2) is 61.0 Å². The molecule has 2 N–H and O–H groups in total. The fourth-order valence-corrected chi connectivity index (χ4v) is 3.24. The third-order valence-corrected chi connectivity index (χ3v) is 4.53. The van der Waals surface area contributed by atoms with Crippen LogP contribution in [0.1, 0.15) is 11.1 Å². The number of rotatable bonds is 2. The Hall–Kier alpha value is -1.10. The van der Waals surface area contributed by atoms with Crippen LogP contribution in [0.15, 0.2) is 18.2 Å². The monoisotopic (exact) mass is 260 g/mol. The minimum atomic E-state index is 0.634. The number of nitrogens with zero attached hydrogens (tertiary/aromatic N) is 3. The minimum Gasteiger partial charge on any atom is -0.398 e. The molecule has 1 unspecified atom stereocenters. The molecule has 2 aliphatic rings. The maximum atomic E-state index is 6.07. The second-order valence-electron chi connectivity index (χ2n) is 6.05. The van der Waals surface area contributed by atoms with Gasteiger partial charge in [0.15, 0.2) is 0 Å². The van der Waals surface area contributed by atoms with Gasteiger partial charge in [0, 0.05) is 51.0 Å². The third-order valence-electron chi connectivity index (χ3n) is 4.53. The molecular weight excluding hydrogens is 236 g/mol. The van der Waals surface area contributed by atoms with Crippen LogP contribution in [-0.2, 0) is 13.1 Å². The van der Waals surface area contributed by atoms with E-state index >= 15 is 0 Å². The number of benzene rings is 1. The zero-order chi connectivity index (χ0) is 13.4. The molecule has 0 radical (unpaired) electrons. The van der Waals surface area contributed by atoms with E-state index in [9.17, 15) is 0 Å². The first-order chi connectivity index (χ1) is 9.13. The van der Waals surface area contributed by atoms with Crippen LogP contribution in [0.3, 0.4) is 0 Å². The minimum absolute atomic E-state index is 0.634. The smallest absolute Gasteiger partial charge is 0.0363 e. The van der Waals surface area contributed by atoms with Crippen molar-refractivity contribution >= 4 is 5.69 Å². The summed E-state index contributed by atoms with van der Waals surface area (Å²) in [7, 11) is 4.46.